The van der Waals surface area contributed by atoms with E-state index in [-0.39, 0.29) is 6.54 Å². The summed E-state index contributed by atoms with van der Waals surface area (Å²) in [5.41, 5.74) is -0.398. The average Bonchev–Trinajstić information content (AvgIpc) is 2.99. The van der Waals surface area contributed by atoms with Gasteiger partial charge in [-0.05, 0) is 0 Å². The molecule has 0 aliphatic rings. The maximum atomic E-state index is 11.9. The van der Waals surface area contributed by atoms with Crippen LogP contribution in [0.1, 0.15) is 16.2 Å². The van der Waals surface area contributed by atoms with Gasteiger partial charge < -0.3 is 10.1 Å². The van der Waals surface area contributed by atoms with Crippen molar-refractivity contribution < 1.29 is 18.3 Å². The molecule has 2 rings (SSSR count). The molecule has 2 aromatic rings. The molecule has 102 valence electrons. The Labute approximate surface area is 108 Å². The number of aromatic amines is 2. The molecule has 9 nitrogen and oxygen atoms in total. The van der Waals surface area contributed by atoms with Crippen LogP contribution in [0, 0.1) is 0 Å². The number of carboxylic acid groups (broad SMARTS) is 1. The molecule has 0 spiro atoms. The quantitative estimate of drug-likeness (QED) is 0.556. The number of carboxylic acids is 1. The van der Waals surface area contributed by atoms with Crippen molar-refractivity contribution in [1.29, 1.82) is 0 Å². The van der Waals surface area contributed by atoms with Crippen molar-refractivity contribution >= 4 is 16.0 Å². The molecular formula is C9H11N5O4S. The zero-order valence-electron chi connectivity index (χ0n) is 9.62. The van der Waals surface area contributed by atoms with E-state index in [9.17, 15) is 13.2 Å². The fraction of sp³-hybridized carbons (Fsp3) is 0.222. The summed E-state index contributed by atoms with van der Waals surface area (Å²) in [6.07, 6.45) is 4.49. The Morgan fingerprint density at radius 3 is 2.89 bits per heavy atom. The van der Waals surface area contributed by atoms with Crippen LogP contribution in [0.3, 0.4) is 0 Å². The molecule has 10 heteroatoms. The Hall–Kier alpha value is -2.20. The summed E-state index contributed by atoms with van der Waals surface area (Å²) in [4.78, 5) is 17.6. The minimum absolute atomic E-state index is 0.0912. The molecule has 0 unspecified atom stereocenters. The number of imidazole rings is 1. The first-order valence-electron chi connectivity index (χ1n) is 5.25. The molecule has 0 aliphatic carbocycles. The lowest BCUT2D eigenvalue weighted by Gasteiger charge is -2.04. The van der Waals surface area contributed by atoms with Gasteiger partial charge in [-0.2, -0.15) is 5.10 Å². The highest BCUT2D eigenvalue weighted by Crippen LogP contribution is 2.11. The van der Waals surface area contributed by atoms with E-state index < -0.39 is 26.6 Å². The fourth-order valence-electron chi connectivity index (χ4n) is 1.44. The molecule has 0 fully saturated rings. The van der Waals surface area contributed by atoms with Crippen LogP contribution in [0.4, 0.5) is 0 Å². The van der Waals surface area contributed by atoms with Crippen molar-refractivity contribution in [2.45, 2.75) is 11.4 Å². The van der Waals surface area contributed by atoms with Gasteiger partial charge in [-0.25, -0.2) is 22.9 Å². The second-order valence-electron chi connectivity index (χ2n) is 3.60. The van der Waals surface area contributed by atoms with Crippen LogP contribution in [0.2, 0.25) is 0 Å². The Morgan fingerprint density at radius 2 is 2.26 bits per heavy atom. The van der Waals surface area contributed by atoms with Gasteiger partial charge in [0.05, 0.1) is 6.20 Å². The molecule has 0 aliphatic heterocycles. The van der Waals surface area contributed by atoms with E-state index in [1.807, 2.05) is 0 Å². The Kier molecular flexibility index (Phi) is 3.62. The number of carbonyl (C=O) groups is 1. The summed E-state index contributed by atoms with van der Waals surface area (Å²) in [6.45, 7) is 0.0912. The van der Waals surface area contributed by atoms with Crippen molar-refractivity contribution in [2.24, 2.45) is 0 Å². The minimum Gasteiger partial charge on any atom is -0.478 e. The van der Waals surface area contributed by atoms with Crippen molar-refractivity contribution in [1.82, 2.24) is 24.9 Å². The molecule has 0 amide bonds. The number of nitrogens with one attached hydrogen (secondary N) is 3. The van der Waals surface area contributed by atoms with Gasteiger partial charge in [-0.15, -0.1) is 0 Å². The van der Waals surface area contributed by atoms with Crippen molar-refractivity contribution in [2.75, 3.05) is 6.54 Å². The normalized spacial score (nSPS) is 11.6. The molecule has 0 bridgehead atoms. The van der Waals surface area contributed by atoms with E-state index in [1.165, 1.54) is 0 Å². The number of aromatic carboxylic acids is 1. The predicted octanol–water partition coefficient (Wildman–Crippen LogP) is -0.648. The van der Waals surface area contributed by atoms with E-state index >= 15 is 0 Å². The van der Waals surface area contributed by atoms with E-state index in [4.69, 9.17) is 5.11 Å². The van der Waals surface area contributed by atoms with Crippen LogP contribution in [0.5, 0.6) is 0 Å². The lowest BCUT2D eigenvalue weighted by Crippen LogP contribution is -2.27. The zero-order chi connectivity index (χ0) is 13.9. The molecule has 0 radical (unpaired) electrons. The largest absolute Gasteiger partial charge is 0.478 e. The highest BCUT2D eigenvalue weighted by atomic mass is 32.2. The van der Waals surface area contributed by atoms with Crippen LogP contribution in [0.15, 0.2) is 23.6 Å². The van der Waals surface area contributed by atoms with Gasteiger partial charge in [-0.3, -0.25) is 5.10 Å². The van der Waals surface area contributed by atoms with Crippen molar-refractivity contribution in [3.63, 3.8) is 0 Å². The standard InChI is InChI=1S/C9H11N5O4S/c15-9(16)6-5-12-14-8(6)19(17,18)13-2-1-7-10-3-4-11-7/h3-5,13H,1-2H2,(H,10,11)(H,12,14)(H,15,16). The number of hydrogen-bond donors (Lipinski definition) is 4. The summed E-state index contributed by atoms with van der Waals surface area (Å²) < 4.78 is 26.0. The van der Waals surface area contributed by atoms with Crippen LogP contribution in [-0.4, -0.2) is 46.2 Å². The fourth-order valence-corrected chi connectivity index (χ4v) is 2.56. The first-order chi connectivity index (χ1) is 9.00. The maximum absolute atomic E-state index is 11.9. The monoisotopic (exact) mass is 285 g/mol. The predicted molar refractivity (Wildman–Crippen MR) is 63.0 cm³/mol. The van der Waals surface area contributed by atoms with Crippen molar-refractivity contribution in [3.05, 3.63) is 30.0 Å². The SMILES string of the molecule is O=C(O)c1cn[nH]c1S(=O)(=O)NCCc1ncc[nH]1. The summed E-state index contributed by atoms with van der Waals surface area (Å²) >= 11 is 0. The lowest BCUT2D eigenvalue weighted by molar-refractivity contribution is 0.0692. The number of aromatic nitrogens is 4. The highest BCUT2D eigenvalue weighted by Gasteiger charge is 2.24. The molecule has 0 aromatic carbocycles. The van der Waals surface area contributed by atoms with Gasteiger partial charge in [0.25, 0.3) is 10.0 Å². The zero-order valence-corrected chi connectivity index (χ0v) is 10.4. The smallest absolute Gasteiger partial charge is 0.340 e. The van der Waals surface area contributed by atoms with E-state index in [0.717, 1.165) is 6.20 Å². The number of rotatable bonds is 6. The van der Waals surface area contributed by atoms with E-state index in [1.54, 1.807) is 12.4 Å². The number of H-pyrrole nitrogens is 2. The van der Waals surface area contributed by atoms with Crippen LogP contribution in [-0.2, 0) is 16.4 Å². The molecule has 2 heterocycles. The highest BCUT2D eigenvalue weighted by molar-refractivity contribution is 7.89. The van der Waals surface area contributed by atoms with Crippen LogP contribution >= 0.6 is 0 Å². The third kappa shape index (κ3) is 2.98. The summed E-state index contributed by atoms with van der Waals surface area (Å²) in [7, 11) is -3.94. The van der Waals surface area contributed by atoms with Crippen molar-refractivity contribution in [3.8, 4) is 0 Å². The summed E-state index contributed by atoms with van der Waals surface area (Å²) in [5, 5.41) is 14.0. The van der Waals surface area contributed by atoms with E-state index in [0.29, 0.717) is 12.2 Å². The second-order valence-corrected chi connectivity index (χ2v) is 5.31. The number of sulfonamides is 1. The first kappa shape index (κ1) is 13.2. The topological polar surface area (TPSA) is 141 Å². The third-order valence-electron chi connectivity index (χ3n) is 2.31. The lowest BCUT2D eigenvalue weighted by atomic mass is 10.4. The molecule has 19 heavy (non-hydrogen) atoms. The van der Waals surface area contributed by atoms with Gasteiger partial charge in [0.2, 0.25) is 0 Å². The molecule has 2 aromatic heterocycles. The van der Waals surface area contributed by atoms with Gasteiger partial charge in [0.1, 0.15) is 11.4 Å². The molecule has 4 N–H and O–H groups in total. The summed E-state index contributed by atoms with van der Waals surface area (Å²) in [6, 6.07) is 0. The molecule has 0 saturated heterocycles. The van der Waals surface area contributed by atoms with E-state index in [2.05, 4.69) is 24.9 Å². The Morgan fingerprint density at radius 1 is 1.47 bits per heavy atom. The van der Waals surface area contributed by atoms with Gasteiger partial charge >= 0.3 is 5.97 Å². The molecule has 0 saturated carbocycles. The molecular weight excluding hydrogens is 274 g/mol. The minimum atomic E-state index is -3.94. The Bertz CT molecular complexity index is 661. The summed E-state index contributed by atoms with van der Waals surface area (Å²) in [5.74, 6) is -0.731. The first-order valence-corrected chi connectivity index (χ1v) is 6.73. The van der Waals surface area contributed by atoms with Gasteiger partial charge in [0.15, 0.2) is 5.03 Å². The third-order valence-corrected chi connectivity index (χ3v) is 3.75. The van der Waals surface area contributed by atoms with Gasteiger partial charge in [-0.1, -0.05) is 0 Å². The second kappa shape index (κ2) is 5.20. The molecule has 0 atom stereocenters. The number of nitrogens with zero attached hydrogens (tertiary/aromatic N) is 2. The average molecular weight is 285 g/mol. The van der Waals surface area contributed by atoms with Gasteiger partial charge in [0, 0.05) is 25.4 Å². The number of hydrogen-bond acceptors (Lipinski definition) is 5. The van der Waals surface area contributed by atoms with Crippen LogP contribution < -0.4 is 4.72 Å². The van der Waals surface area contributed by atoms with Crippen LogP contribution in [0.25, 0.3) is 0 Å². The Balaban J connectivity index is 2.06. The maximum Gasteiger partial charge on any atom is 0.340 e.